The largest absolute Gasteiger partial charge is 0.427 e. The number of unbranched alkanes of at least 4 members (excludes halogenated alkanes) is 18. The molecule has 6 nitrogen and oxygen atoms in total. The normalized spacial score (nSPS) is 11.0. The lowest BCUT2D eigenvalue weighted by Crippen LogP contribution is -2.08. The Morgan fingerprint density at radius 1 is 0.500 bits per heavy atom. The molecule has 1 aromatic heterocycles. The molecule has 0 saturated heterocycles. The maximum Gasteiger partial charge on any atom is 0.311 e. The van der Waals surface area contributed by atoms with Crippen molar-refractivity contribution in [2.75, 3.05) is 0 Å². The fourth-order valence-corrected chi connectivity index (χ4v) is 5.07. The Morgan fingerprint density at radius 3 is 1.26 bits per heavy atom. The lowest BCUT2D eigenvalue weighted by atomic mass is 10.1. The molecule has 0 spiro atoms. The maximum absolute atomic E-state index is 12.2. The predicted octanol–water partition coefficient (Wildman–Crippen LogP) is 10.6. The molecular weight excluding hydrogens is 524 g/mol. The number of carbonyl (C=O) groups excluding carboxylic acids is 2. The van der Waals surface area contributed by atoms with E-state index in [2.05, 4.69) is 23.8 Å². The SMILES string of the molecule is CCCCCCCCCCCCC(=O)Oc1ccc(-c2ncc(OC(=O)CCCCCCCCCCCC)cn2)cc1. The fourth-order valence-electron chi connectivity index (χ4n) is 5.07. The summed E-state index contributed by atoms with van der Waals surface area (Å²) in [6.45, 7) is 4.49. The molecule has 0 atom stereocenters. The zero-order chi connectivity index (χ0) is 30.1. The Hall–Kier alpha value is -2.76. The average molecular weight is 581 g/mol. The van der Waals surface area contributed by atoms with Crippen molar-refractivity contribution >= 4 is 11.9 Å². The first-order chi connectivity index (χ1) is 20.6. The molecule has 42 heavy (non-hydrogen) atoms. The summed E-state index contributed by atoms with van der Waals surface area (Å²) in [5, 5.41) is 0. The van der Waals surface area contributed by atoms with Crippen LogP contribution in [-0.4, -0.2) is 21.9 Å². The van der Waals surface area contributed by atoms with E-state index in [1.807, 2.05) is 12.1 Å². The molecule has 1 heterocycles. The number of ether oxygens (including phenoxy) is 2. The molecule has 2 aromatic rings. The van der Waals surface area contributed by atoms with Gasteiger partial charge in [0.05, 0.1) is 12.4 Å². The van der Waals surface area contributed by atoms with Crippen LogP contribution in [0.15, 0.2) is 36.7 Å². The van der Waals surface area contributed by atoms with Crippen molar-refractivity contribution in [2.45, 2.75) is 155 Å². The number of hydrogen-bond donors (Lipinski definition) is 0. The summed E-state index contributed by atoms with van der Waals surface area (Å²) in [5.41, 5.74) is 0.799. The second-order valence-electron chi connectivity index (χ2n) is 11.6. The van der Waals surface area contributed by atoms with Crippen molar-refractivity contribution in [2.24, 2.45) is 0 Å². The van der Waals surface area contributed by atoms with Gasteiger partial charge in [0.25, 0.3) is 0 Å². The first kappa shape index (κ1) is 35.4. The van der Waals surface area contributed by atoms with Gasteiger partial charge in [-0.1, -0.05) is 129 Å². The standard InChI is InChI=1S/C36H56N2O4/c1-3-5-7-9-11-13-15-17-19-21-23-34(39)41-32-27-25-31(26-28-32)36-37-29-33(30-38-36)42-35(40)24-22-20-18-16-14-12-10-8-6-4-2/h25-30H,3-24H2,1-2H3. The molecule has 0 amide bonds. The highest BCUT2D eigenvalue weighted by molar-refractivity contribution is 5.73. The minimum Gasteiger partial charge on any atom is -0.427 e. The van der Waals surface area contributed by atoms with Gasteiger partial charge in [0.2, 0.25) is 0 Å². The van der Waals surface area contributed by atoms with E-state index >= 15 is 0 Å². The van der Waals surface area contributed by atoms with Gasteiger partial charge >= 0.3 is 11.9 Å². The molecule has 0 unspecified atom stereocenters. The third-order valence-electron chi connectivity index (χ3n) is 7.67. The van der Waals surface area contributed by atoms with Crippen LogP contribution in [0.1, 0.15) is 155 Å². The minimum atomic E-state index is -0.241. The molecule has 2 rings (SSSR count). The first-order valence-corrected chi connectivity index (χ1v) is 17.0. The molecule has 234 valence electrons. The summed E-state index contributed by atoms with van der Waals surface area (Å²) in [5.74, 6) is 0.965. The van der Waals surface area contributed by atoms with E-state index < -0.39 is 0 Å². The van der Waals surface area contributed by atoms with Crippen LogP contribution in [0.25, 0.3) is 11.4 Å². The highest BCUT2D eigenvalue weighted by atomic mass is 16.5. The monoisotopic (exact) mass is 580 g/mol. The third kappa shape index (κ3) is 17.3. The zero-order valence-electron chi connectivity index (χ0n) is 26.5. The van der Waals surface area contributed by atoms with Gasteiger partial charge in [-0.05, 0) is 37.1 Å². The van der Waals surface area contributed by atoms with Gasteiger partial charge in [0, 0.05) is 18.4 Å². The van der Waals surface area contributed by atoms with E-state index in [4.69, 9.17) is 9.47 Å². The number of nitrogens with zero attached hydrogens (tertiary/aromatic N) is 2. The summed E-state index contributed by atoms with van der Waals surface area (Å²) < 4.78 is 10.9. The molecule has 6 heteroatoms. The van der Waals surface area contributed by atoms with Gasteiger partial charge < -0.3 is 9.47 Å². The molecule has 0 aliphatic heterocycles. The van der Waals surface area contributed by atoms with Crippen LogP contribution in [-0.2, 0) is 9.59 Å². The molecule has 0 N–H and O–H groups in total. The van der Waals surface area contributed by atoms with Crippen LogP contribution in [0.5, 0.6) is 11.5 Å². The van der Waals surface area contributed by atoms with Crippen LogP contribution in [0.4, 0.5) is 0 Å². The smallest absolute Gasteiger partial charge is 0.311 e. The van der Waals surface area contributed by atoms with E-state index in [1.165, 1.54) is 115 Å². The summed E-state index contributed by atoms with van der Waals surface area (Å²) in [6.07, 6.45) is 28.6. The van der Waals surface area contributed by atoms with Gasteiger partial charge in [0.15, 0.2) is 11.6 Å². The van der Waals surface area contributed by atoms with Gasteiger partial charge in [0.1, 0.15) is 5.75 Å². The Morgan fingerprint density at radius 2 is 0.857 bits per heavy atom. The number of hydrogen-bond acceptors (Lipinski definition) is 6. The van der Waals surface area contributed by atoms with E-state index in [0.717, 1.165) is 31.2 Å². The van der Waals surface area contributed by atoms with Gasteiger partial charge in [-0.15, -0.1) is 0 Å². The summed E-state index contributed by atoms with van der Waals surface area (Å²) in [4.78, 5) is 33.1. The minimum absolute atomic E-state index is 0.192. The highest BCUT2D eigenvalue weighted by Crippen LogP contribution is 2.21. The van der Waals surface area contributed by atoms with Crippen molar-refractivity contribution in [3.8, 4) is 22.9 Å². The summed E-state index contributed by atoms with van der Waals surface area (Å²) in [6, 6.07) is 7.18. The van der Waals surface area contributed by atoms with Crippen molar-refractivity contribution in [3.63, 3.8) is 0 Å². The Balaban J connectivity index is 1.57. The third-order valence-corrected chi connectivity index (χ3v) is 7.67. The Kier molecular flexibility index (Phi) is 20.1. The lowest BCUT2D eigenvalue weighted by molar-refractivity contribution is -0.135. The number of rotatable bonds is 25. The van der Waals surface area contributed by atoms with Crippen LogP contribution in [0.3, 0.4) is 0 Å². The highest BCUT2D eigenvalue weighted by Gasteiger charge is 2.09. The maximum atomic E-state index is 12.2. The molecule has 0 radical (unpaired) electrons. The number of benzene rings is 1. The quantitative estimate of drug-likeness (QED) is 0.0660. The number of esters is 2. The first-order valence-electron chi connectivity index (χ1n) is 17.0. The van der Waals surface area contributed by atoms with E-state index in [1.54, 1.807) is 12.1 Å². The molecule has 1 aromatic carbocycles. The predicted molar refractivity (Wildman–Crippen MR) is 172 cm³/mol. The average Bonchev–Trinajstić information content (AvgIpc) is 3.00. The van der Waals surface area contributed by atoms with E-state index in [9.17, 15) is 9.59 Å². The molecular formula is C36H56N2O4. The van der Waals surface area contributed by atoms with Gasteiger partial charge in [-0.3, -0.25) is 9.59 Å². The molecule has 0 aliphatic carbocycles. The number of aromatic nitrogens is 2. The lowest BCUT2D eigenvalue weighted by Gasteiger charge is -2.07. The summed E-state index contributed by atoms with van der Waals surface area (Å²) in [7, 11) is 0. The van der Waals surface area contributed by atoms with E-state index in [-0.39, 0.29) is 11.9 Å². The zero-order valence-corrected chi connectivity index (χ0v) is 26.5. The van der Waals surface area contributed by atoms with Crippen LogP contribution >= 0.6 is 0 Å². The second kappa shape index (κ2) is 23.8. The molecule has 0 aliphatic rings. The Labute approximate surface area is 255 Å². The van der Waals surface area contributed by atoms with Crippen molar-refractivity contribution in [3.05, 3.63) is 36.7 Å². The van der Waals surface area contributed by atoms with Crippen molar-refractivity contribution in [1.29, 1.82) is 0 Å². The van der Waals surface area contributed by atoms with Crippen molar-refractivity contribution < 1.29 is 19.1 Å². The molecule has 0 fully saturated rings. The van der Waals surface area contributed by atoms with E-state index in [0.29, 0.717) is 30.2 Å². The molecule has 0 bridgehead atoms. The van der Waals surface area contributed by atoms with Gasteiger partial charge in [-0.2, -0.15) is 0 Å². The van der Waals surface area contributed by atoms with Crippen LogP contribution in [0.2, 0.25) is 0 Å². The number of carbonyl (C=O) groups is 2. The van der Waals surface area contributed by atoms with Gasteiger partial charge in [-0.25, -0.2) is 9.97 Å². The second-order valence-corrected chi connectivity index (χ2v) is 11.6. The van der Waals surface area contributed by atoms with Crippen LogP contribution in [0, 0.1) is 0 Å². The van der Waals surface area contributed by atoms with Crippen LogP contribution < -0.4 is 9.47 Å². The Bertz CT molecular complexity index is 880. The topological polar surface area (TPSA) is 78.4 Å². The fraction of sp³-hybridized carbons (Fsp3) is 0.667. The summed E-state index contributed by atoms with van der Waals surface area (Å²) >= 11 is 0. The molecule has 0 saturated carbocycles. The van der Waals surface area contributed by atoms with Crippen molar-refractivity contribution in [1.82, 2.24) is 9.97 Å².